The van der Waals surface area contributed by atoms with E-state index in [2.05, 4.69) is 146 Å². The zero-order valence-corrected chi connectivity index (χ0v) is 30.2. The van der Waals surface area contributed by atoms with E-state index in [-0.39, 0.29) is 5.41 Å². The summed E-state index contributed by atoms with van der Waals surface area (Å²) in [4.78, 5) is 2.54. The molecule has 2 bridgehead atoms. The van der Waals surface area contributed by atoms with Crippen molar-refractivity contribution in [2.24, 2.45) is 11.8 Å². The number of nitrogens with zero attached hydrogens (tertiary/aromatic N) is 1. The summed E-state index contributed by atoms with van der Waals surface area (Å²) in [5.41, 5.74) is 14.9. The van der Waals surface area contributed by atoms with Crippen LogP contribution in [0.3, 0.4) is 0 Å². The molecule has 3 atom stereocenters. The van der Waals surface area contributed by atoms with Crippen molar-refractivity contribution in [1.29, 1.82) is 0 Å². The zero-order chi connectivity index (χ0) is 34.1. The van der Waals surface area contributed by atoms with Gasteiger partial charge in [-0.1, -0.05) is 124 Å². The minimum Gasteiger partial charge on any atom is -0.310 e. The van der Waals surface area contributed by atoms with E-state index in [1.807, 2.05) is 0 Å². The first-order chi connectivity index (χ1) is 25.0. The quantitative estimate of drug-likeness (QED) is 0.171. The molecule has 6 aromatic rings. The van der Waals surface area contributed by atoms with Crippen molar-refractivity contribution < 1.29 is 0 Å². The van der Waals surface area contributed by atoms with Crippen LogP contribution in [0.25, 0.3) is 33.0 Å². The molecule has 4 aliphatic rings. The Morgan fingerprint density at radius 3 is 2.14 bits per heavy atom. The summed E-state index contributed by atoms with van der Waals surface area (Å²) >= 11 is 0. The Labute approximate surface area is 304 Å². The maximum Gasteiger partial charge on any atom is 0.0465 e. The van der Waals surface area contributed by atoms with Crippen LogP contribution in [0, 0.1) is 11.8 Å². The van der Waals surface area contributed by atoms with Gasteiger partial charge in [-0.15, -0.1) is 0 Å². The number of benzene rings is 6. The Hall–Kier alpha value is -4.62. The van der Waals surface area contributed by atoms with Gasteiger partial charge in [-0.2, -0.15) is 0 Å². The average molecular weight is 664 g/mol. The van der Waals surface area contributed by atoms with E-state index in [1.54, 1.807) is 5.56 Å². The van der Waals surface area contributed by atoms with Gasteiger partial charge in [-0.05, 0) is 154 Å². The van der Waals surface area contributed by atoms with E-state index in [9.17, 15) is 0 Å². The second kappa shape index (κ2) is 12.3. The van der Waals surface area contributed by atoms with E-state index in [1.165, 1.54) is 125 Å². The fourth-order valence-corrected chi connectivity index (χ4v) is 10.8. The Morgan fingerprint density at radius 2 is 1.31 bits per heavy atom. The summed E-state index contributed by atoms with van der Waals surface area (Å²) in [5, 5.41) is 2.60. The van der Waals surface area contributed by atoms with Gasteiger partial charge in [0.05, 0.1) is 0 Å². The normalized spacial score (nSPS) is 21.9. The summed E-state index contributed by atoms with van der Waals surface area (Å²) in [5.74, 6) is 3.27. The Kier molecular flexibility index (Phi) is 7.49. The predicted octanol–water partition coefficient (Wildman–Crippen LogP) is 14.2. The smallest absolute Gasteiger partial charge is 0.0465 e. The molecule has 0 aromatic heterocycles. The van der Waals surface area contributed by atoms with E-state index >= 15 is 0 Å². The van der Waals surface area contributed by atoms with Gasteiger partial charge >= 0.3 is 0 Å². The van der Waals surface area contributed by atoms with Crippen molar-refractivity contribution in [3.63, 3.8) is 0 Å². The number of rotatable bonds is 6. The molecule has 51 heavy (non-hydrogen) atoms. The molecule has 0 heterocycles. The molecule has 0 saturated heterocycles. The van der Waals surface area contributed by atoms with Gasteiger partial charge in [0.2, 0.25) is 0 Å². The molecule has 254 valence electrons. The van der Waals surface area contributed by atoms with Gasteiger partial charge < -0.3 is 4.90 Å². The number of hydrogen-bond acceptors (Lipinski definition) is 1. The summed E-state index contributed by atoms with van der Waals surface area (Å²) in [6, 6.07) is 49.2. The lowest BCUT2D eigenvalue weighted by molar-refractivity contribution is 0.420. The van der Waals surface area contributed by atoms with Crippen LogP contribution in [0.15, 0.2) is 127 Å². The van der Waals surface area contributed by atoms with E-state index in [0.717, 1.165) is 17.8 Å². The van der Waals surface area contributed by atoms with Gasteiger partial charge in [0.15, 0.2) is 0 Å². The number of fused-ring (bicyclic) bond motifs is 6. The van der Waals surface area contributed by atoms with Gasteiger partial charge in [0.1, 0.15) is 0 Å². The molecule has 4 aliphatic carbocycles. The van der Waals surface area contributed by atoms with Gasteiger partial charge in [-0.3, -0.25) is 0 Å². The lowest BCUT2D eigenvalue weighted by atomic mass is 9.81. The highest BCUT2D eigenvalue weighted by molar-refractivity contribution is 5.98. The third-order valence-corrected chi connectivity index (χ3v) is 13.5. The first-order valence-electron chi connectivity index (χ1n) is 19.8. The van der Waals surface area contributed by atoms with Crippen LogP contribution < -0.4 is 4.90 Å². The predicted molar refractivity (Wildman–Crippen MR) is 216 cm³/mol. The molecule has 0 radical (unpaired) electrons. The third kappa shape index (κ3) is 5.26. The van der Waals surface area contributed by atoms with Crippen LogP contribution in [0.4, 0.5) is 17.1 Å². The van der Waals surface area contributed by atoms with Crippen LogP contribution in [0.1, 0.15) is 106 Å². The zero-order valence-electron chi connectivity index (χ0n) is 30.2. The molecular formula is C50H49N. The average Bonchev–Trinajstić information content (AvgIpc) is 3.88. The van der Waals surface area contributed by atoms with Crippen molar-refractivity contribution in [2.45, 2.75) is 88.9 Å². The largest absolute Gasteiger partial charge is 0.310 e. The van der Waals surface area contributed by atoms with Crippen molar-refractivity contribution in [3.8, 4) is 22.3 Å². The van der Waals surface area contributed by atoms with Gasteiger partial charge in [0.25, 0.3) is 0 Å². The summed E-state index contributed by atoms with van der Waals surface area (Å²) in [7, 11) is 0. The van der Waals surface area contributed by atoms with Crippen LogP contribution in [-0.2, 0) is 5.41 Å². The minimum atomic E-state index is -0.0980. The highest BCUT2D eigenvalue weighted by atomic mass is 15.1. The van der Waals surface area contributed by atoms with Crippen LogP contribution in [-0.4, -0.2) is 0 Å². The molecule has 6 aromatic carbocycles. The van der Waals surface area contributed by atoms with Gasteiger partial charge in [-0.25, -0.2) is 0 Å². The van der Waals surface area contributed by atoms with Crippen LogP contribution >= 0.6 is 0 Å². The van der Waals surface area contributed by atoms with Crippen molar-refractivity contribution in [1.82, 2.24) is 0 Å². The second-order valence-corrected chi connectivity index (χ2v) is 16.8. The first-order valence-corrected chi connectivity index (χ1v) is 19.8. The van der Waals surface area contributed by atoms with Crippen molar-refractivity contribution in [2.75, 3.05) is 4.90 Å². The van der Waals surface area contributed by atoms with Crippen LogP contribution in [0.5, 0.6) is 0 Å². The van der Waals surface area contributed by atoms with Crippen molar-refractivity contribution in [3.05, 3.63) is 150 Å². The Balaban J connectivity index is 1.06. The standard InChI is InChI=1S/C50H49N/c1-50(2)48-27-22-39(44-17-9-13-35-12-6-7-16-43(35)44)31-47(48)45-26-25-42(32-49(45)50)51(41-15-8-14-37(30-41)34-10-4-3-5-11-34)40-23-20-36(21-24-40)46-29-33-18-19-38(46)28-33/h6-9,12-17,20-27,30-34,38,46H,3-5,10-11,18-19,28-29H2,1-2H3. The maximum absolute atomic E-state index is 2.54. The molecule has 0 aliphatic heterocycles. The molecule has 10 rings (SSSR count). The molecule has 1 nitrogen and oxygen atoms in total. The number of anilines is 3. The molecule has 0 N–H and O–H groups in total. The lowest BCUT2D eigenvalue weighted by Crippen LogP contribution is -2.17. The third-order valence-electron chi connectivity index (χ3n) is 13.5. The highest BCUT2D eigenvalue weighted by Gasteiger charge is 2.40. The molecule has 3 saturated carbocycles. The molecule has 3 unspecified atom stereocenters. The second-order valence-electron chi connectivity index (χ2n) is 16.8. The molecular weight excluding hydrogens is 615 g/mol. The fraction of sp³-hybridized carbons (Fsp3) is 0.320. The summed E-state index contributed by atoms with van der Waals surface area (Å²) in [6.07, 6.45) is 12.4. The van der Waals surface area contributed by atoms with Gasteiger partial charge in [0, 0.05) is 22.5 Å². The van der Waals surface area contributed by atoms with Crippen molar-refractivity contribution >= 4 is 27.8 Å². The molecule has 1 heteroatoms. The first kappa shape index (κ1) is 31.1. The van der Waals surface area contributed by atoms with E-state index in [0.29, 0.717) is 5.92 Å². The van der Waals surface area contributed by atoms with E-state index < -0.39 is 0 Å². The minimum absolute atomic E-state index is 0.0980. The Bertz CT molecular complexity index is 2250. The SMILES string of the molecule is CC1(C)c2ccc(-c3cccc4ccccc34)cc2-c2ccc(N(c3ccc(C4CC5CCC4C5)cc3)c3cccc(C4CCCCC4)c3)cc21. The topological polar surface area (TPSA) is 3.24 Å². The molecule has 0 spiro atoms. The summed E-state index contributed by atoms with van der Waals surface area (Å²) in [6.45, 7) is 4.83. The molecule has 3 fully saturated rings. The lowest BCUT2D eigenvalue weighted by Gasteiger charge is -2.30. The Morgan fingerprint density at radius 1 is 0.529 bits per heavy atom. The monoisotopic (exact) mass is 663 g/mol. The fourth-order valence-electron chi connectivity index (χ4n) is 10.8. The molecule has 0 amide bonds. The highest BCUT2D eigenvalue weighted by Crippen LogP contribution is 2.54. The van der Waals surface area contributed by atoms with E-state index in [4.69, 9.17) is 0 Å². The number of hydrogen-bond donors (Lipinski definition) is 0. The van der Waals surface area contributed by atoms with Crippen LogP contribution in [0.2, 0.25) is 0 Å². The maximum atomic E-state index is 2.54. The summed E-state index contributed by atoms with van der Waals surface area (Å²) < 4.78 is 0.